The molecule has 3 rings (SSSR count). The van der Waals surface area contributed by atoms with E-state index in [4.69, 9.17) is 4.74 Å². The summed E-state index contributed by atoms with van der Waals surface area (Å²) in [4.78, 5) is 14.4. The number of hydrogen-bond acceptors (Lipinski definition) is 5. The minimum atomic E-state index is -0.404. The van der Waals surface area contributed by atoms with Crippen molar-refractivity contribution in [1.82, 2.24) is 10.6 Å². The van der Waals surface area contributed by atoms with Gasteiger partial charge in [-0.25, -0.2) is 0 Å². The van der Waals surface area contributed by atoms with Crippen molar-refractivity contribution in [1.29, 1.82) is 0 Å². The number of ether oxygens (including phenoxy) is 1. The van der Waals surface area contributed by atoms with Crippen molar-refractivity contribution in [3.63, 3.8) is 0 Å². The maximum Gasteiger partial charge on any atom is 0.237 e. The molecule has 2 aliphatic rings. The van der Waals surface area contributed by atoms with E-state index < -0.39 is 6.10 Å². The van der Waals surface area contributed by atoms with Crippen LogP contribution in [-0.2, 0) is 4.79 Å². The number of nitrogens with zero attached hydrogens (tertiary/aromatic N) is 1. The highest BCUT2D eigenvalue weighted by atomic mass is 16.5. The lowest BCUT2D eigenvalue weighted by Crippen LogP contribution is -2.42. The molecule has 126 valence electrons. The molecule has 1 amide bonds. The SMILES string of the molecule is COc1ccccc1N1CCC(CNC(=O)C2CC(O)CN2)C1. The summed E-state index contributed by atoms with van der Waals surface area (Å²) in [5, 5.41) is 15.5. The average molecular weight is 319 g/mol. The smallest absolute Gasteiger partial charge is 0.237 e. The lowest BCUT2D eigenvalue weighted by Gasteiger charge is -2.21. The molecule has 1 aromatic rings. The number of hydrogen-bond donors (Lipinski definition) is 3. The highest BCUT2D eigenvalue weighted by Gasteiger charge is 2.29. The molecule has 6 nitrogen and oxygen atoms in total. The van der Waals surface area contributed by atoms with Gasteiger partial charge in [-0.15, -0.1) is 0 Å². The van der Waals surface area contributed by atoms with Crippen molar-refractivity contribution >= 4 is 11.6 Å². The monoisotopic (exact) mass is 319 g/mol. The lowest BCUT2D eigenvalue weighted by molar-refractivity contribution is -0.123. The van der Waals surface area contributed by atoms with Crippen LogP contribution < -0.4 is 20.3 Å². The number of rotatable bonds is 5. The van der Waals surface area contributed by atoms with Crippen molar-refractivity contribution in [3.05, 3.63) is 24.3 Å². The van der Waals surface area contributed by atoms with Gasteiger partial charge in [0.2, 0.25) is 5.91 Å². The lowest BCUT2D eigenvalue weighted by atomic mass is 10.1. The van der Waals surface area contributed by atoms with Crippen molar-refractivity contribution in [2.45, 2.75) is 25.0 Å². The molecule has 3 unspecified atom stereocenters. The summed E-state index contributed by atoms with van der Waals surface area (Å²) >= 11 is 0. The Morgan fingerprint density at radius 1 is 1.48 bits per heavy atom. The van der Waals surface area contributed by atoms with E-state index in [0.717, 1.165) is 30.9 Å². The van der Waals surface area contributed by atoms with Crippen molar-refractivity contribution in [2.75, 3.05) is 38.2 Å². The number of aliphatic hydroxyl groups excluding tert-OH is 1. The van der Waals surface area contributed by atoms with Crippen LogP contribution in [0.15, 0.2) is 24.3 Å². The molecule has 0 aromatic heterocycles. The van der Waals surface area contributed by atoms with Crippen LogP contribution in [0.5, 0.6) is 5.75 Å². The number of methoxy groups -OCH3 is 1. The Balaban J connectivity index is 1.49. The van der Waals surface area contributed by atoms with Gasteiger partial charge in [-0.2, -0.15) is 0 Å². The first-order valence-electron chi connectivity index (χ1n) is 8.24. The number of aliphatic hydroxyl groups is 1. The van der Waals surface area contributed by atoms with Gasteiger partial charge >= 0.3 is 0 Å². The zero-order valence-corrected chi connectivity index (χ0v) is 13.5. The van der Waals surface area contributed by atoms with Crippen LogP contribution >= 0.6 is 0 Å². The second-order valence-corrected chi connectivity index (χ2v) is 6.37. The fourth-order valence-electron chi connectivity index (χ4n) is 3.39. The quantitative estimate of drug-likeness (QED) is 0.731. The van der Waals surface area contributed by atoms with Crippen molar-refractivity contribution in [3.8, 4) is 5.75 Å². The molecule has 2 fully saturated rings. The minimum absolute atomic E-state index is 0.00251. The van der Waals surface area contributed by atoms with Gasteiger partial charge in [0.1, 0.15) is 5.75 Å². The zero-order valence-electron chi connectivity index (χ0n) is 13.5. The largest absolute Gasteiger partial charge is 0.495 e. The number of benzene rings is 1. The van der Waals surface area contributed by atoms with E-state index in [1.807, 2.05) is 18.2 Å². The number of nitrogens with one attached hydrogen (secondary N) is 2. The molecule has 0 radical (unpaired) electrons. The third-order valence-electron chi connectivity index (χ3n) is 4.70. The number of anilines is 1. The van der Waals surface area contributed by atoms with Crippen LogP contribution in [0.2, 0.25) is 0 Å². The normalized spacial score (nSPS) is 27.2. The molecule has 6 heteroatoms. The predicted octanol–water partition coefficient (Wildman–Crippen LogP) is 0.361. The zero-order chi connectivity index (χ0) is 16.2. The third-order valence-corrected chi connectivity index (χ3v) is 4.70. The van der Waals surface area contributed by atoms with Gasteiger partial charge in [-0.1, -0.05) is 12.1 Å². The Labute approximate surface area is 136 Å². The standard InChI is InChI=1S/C17H25N3O3/c1-23-16-5-3-2-4-15(16)20-7-6-12(11-20)9-19-17(22)14-8-13(21)10-18-14/h2-5,12-14,18,21H,6-11H2,1H3,(H,19,22). The molecule has 0 saturated carbocycles. The van der Waals surface area contributed by atoms with E-state index in [1.54, 1.807) is 7.11 Å². The van der Waals surface area contributed by atoms with E-state index in [2.05, 4.69) is 21.6 Å². The fraction of sp³-hybridized carbons (Fsp3) is 0.588. The summed E-state index contributed by atoms with van der Waals surface area (Å²) in [6.45, 7) is 3.07. The number of β-amino-alcohol motifs (C(OH)–C–C–N with tert-alkyl or cyclic N) is 1. The maximum absolute atomic E-state index is 12.1. The molecule has 3 N–H and O–H groups in total. The Bertz CT molecular complexity index is 552. The summed E-state index contributed by atoms with van der Waals surface area (Å²) in [7, 11) is 1.69. The van der Waals surface area contributed by atoms with E-state index in [1.165, 1.54) is 0 Å². The van der Waals surface area contributed by atoms with Crippen molar-refractivity contribution < 1.29 is 14.6 Å². The van der Waals surface area contributed by atoms with Crippen molar-refractivity contribution in [2.24, 2.45) is 5.92 Å². The molecular weight excluding hydrogens is 294 g/mol. The topological polar surface area (TPSA) is 73.8 Å². The number of para-hydroxylation sites is 2. The minimum Gasteiger partial charge on any atom is -0.495 e. The summed E-state index contributed by atoms with van der Waals surface area (Å²) in [5.41, 5.74) is 1.12. The summed E-state index contributed by atoms with van der Waals surface area (Å²) < 4.78 is 5.43. The number of carbonyl (C=O) groups excluding carboxylic acids is 1. The molecule has 2 heterocycles. The van der Waals surface area contributed by atoms with Crippen LogP contribution in [0.1, 0.15) is 12.8 Å². The van der Waals surface area contributed by atoms with E-state index in [-0.39, 0.29) is 11.9 Å². The Morgan fingerprint density at radius 3 is 3.04 bits per heavy atom. The molecule has 0 aliphatic carbocycles. The first-order valence-corrected chi connectivity index (χ1v) is 8.24. The van der Waals surface area contributed by atoms with Crippen LogP contribution in [-0.4, -0.2) is 56.4 Å². The first kappa shape index (κ1) is 16.1. The highest BCUT2D eigenvalue weighted by Crippen LogP contribution is 2.31. The molecule has 2 saturated heterocycles. The Morgan fingerprint density at radius 2 is 2.30 bits per heavy atom. The molecule has 0 bridgehead atoms. The second-order valence-electron chi connectivity index (χ2n) is 6.37. The molecule has 23 heavy (non-hydrogen) atoms. The second kappa shape index (κ2) is 7.19. The third kappa shape index (κ3) is 3.76. The predicted molar refractivity (Wildman–Crippen MR) is 88.7 cm³/mol. The molecular formula is C17H25N3O3. The number of carbonyl (C=O) groups is 1. The molecule has 0 spiro atoms. The van der Waals surface area contributed by atoms with Gasteiger partial charge in [0.15, 0.2) is 0 Å². The van der Waals surface area contributed by atoms with E-state index >= 15 is 0 Å². The number of amides is 1. The van der Waals surface area contributed by atoms with Crippen LogP contribution in [0.4, 0.5) is 5.69 Å². The van der Waals surface area contributed by atoms with Gasteiger partial charge in [0.25, 0.3) is 0 Å². The summed E-state index contributed by atoms with van der Waals surface area (Å²) in [6.07, 6.45) is 1.15. The average Bonchev–Trinajstić information content (AvgIpc) is 3.21. The first-order chi connectivity index (χ1) is 11.2. The van der Waals surface area contributed by atoms with E-state index in [0.29, 0.717) is 25.4 Å². The summed E-state index contributed by atoms with van der Waals surface area (Å²) in [6, 6.07) is 7.78. The van der Waals surface area contributed by atoms with Gasteiger partial charge < -0.3 is 25.4 Å². The van der Waals surface area contributed by atoms with E-state index in [9.17, 15) is 9.90 Å². The van der Waals surface area contributed by atoms with Crippen LogP contribution in [0.3, 0.4) is 0 Å². The Hall–Kier alpha value is -1.79. The molecule has 2 aliphatic heterocycles. The summed E-state index contributed by atoms with van der Waals surface area (Å²) in [5.74, 6) is 1.33. The maximum atomic E-state index is 12.1. The van der Waals surface area contributed by atoms with Gasteiger partial charge in [0, 0.05) is 26.2 Å². The fourth-order valence-corrected chi connectivity index (χ4v) is 3.39. The van der Waals surface area contributed by atoms with Crippen LogP contribution in [0, 0.1) is 5.92 Å². The van der Waals surface area contributed by atoms with Gasteiger partial charge in [-0.05, 0) is 30.9 Å². The highest BCUT2D eigenvalue weighted by molar-refractivity contribution is 5.82. The van der Waals surface area contributed by atoms with Gasteiger partial charge in [0.05, 0.1) is 24.9 Å². The molecule has 1 aromatic carbocycles. The molecule has 3 atom stereocenters. The van der Waals surface area contributed by atoms with Crippen LogP contribution in [0.25, 0.3) is 0 Å². The van der Waals surface area contributed by atoms with Gasteiger partial charge in [-0.3, -0.25) is 4.79 Å². The Kier molecular flexibility index (Phi) is 5.03.